The minimum absolute atomic E-state index is 0.227. The van der Waals surface area contributed by atoms with Crippen LogP contribution < -0.4 is 10.2 Å². The van der Waals surface area contributed by atoms with Crippen molar-refractivity contribution < 1.29 is 4.79 Å². The van der Waals surface area contributed by atoms with E-state index in [9.17, 15) is 4.79 Å². The quantitative estimate of drug-likeness (QED) is 0.873. The summed E-state index contributed by atoms with van der Waals surface area (Å²) in [6.07, 6.45) is 1.45. The molecule has 0 aliphatic carbocycles. The number of benzene rings is 1. The van der Waals surface area contributed by atoms with E-state index >= 15 is 0 Å². The molecule has 0 atom stereocenters. The summed E-state index contributed by atoms with van der Waals surface area (Å²) in [6, 6.07) is 7.45. The van der Waals surface area contributed by atoms with E-state index in [4.69, 9.17) is 0 Å². The number of halogens is 1. The molecule has 126 valence electrons. The zero-order chi connectivity index (χ0) is 17.1. The minimum Gasteiger partial charge on any atom is -0.354 e. The smallest absolute Gasteiger partial charge is 0.274 e. The summed E-state index contributed by atoms with van der Waals surface area (Å²) in [5.74, 6) is 0.574. The van der Waals surface area contributed by atoms with E-state index in [0.717, 1.165) is 47.7 Å². The second-order valence-electron chi connectivity index (χ2n) is 5.97. The van der Waals surface area contributed by atoms with Gasteiger partial charge in [-0.25, -0.2) is 9.97 Å². The van der Waals surface area contributed by atoms with Gasteiger partial charge in [-0.05, 0) is 37.7 Å². The van der Waals surface area contributed by atoms with Crippen LogP contribution in [0.15, 0.2) is 35.1 Å². The third kappa shape index (κ3) is 3.91. The highest BCUT2D eigenvalue weighted by Crippen LogP contribution is 2.21. The summed E-state index contributed by atoms with van der Waals surface area (Å²) in [6.45, 7) is 5.77. The Morgan fingerprint density at radius 1 is 1.17 bits per heavy atom. The molecule has 1 amide bonds. The van der Waals surface area contributed by atoms with Gasteiger partial charge in [0.05, 0.1) is 0 Å². The highest BCUT2D eigenvalue weighted by molar-refractivity contribution is 9.10. The number of nitrogens with zero attached hydrogens (tertiary/aromatic N) is 4. The van der Waals surface area contributed by atoms with Crippen molar-refractivity contribution in [1.29, 1.82) is 0 Å². The van der Waals surface area contributed by atoms with Crippen molar-refractivity contribution in [2.24, 2.45) is 0 Å². The molecular weight excluding hydrogens is 370 g/mol. The predicted octanol–water partition coefficient (Wildman–Crippen LogP) is 2.55. The van der Waals surface area contributed by atoms with E-state index in [-0.39, 0.29) is 5.91 Å². The van der Waals surface area contributed by atoms with Crippen molar-refractivity contribution in [2.75, 3.05) is 43.4 Å². The number of piperazine rings is 1. The average Bonchev–Trinajstić information content (AvgIpc) is 2.59. The Morgan fingerprint density at radius 2 is 1.92 bits per heavy atom. The van der Waals surface area contributed by atoms with Crippen LogP contribution >= 0.6 is 15.9 Å². The highest BCUT2D eigenvalue weighted by Gasteiger charge is 2.17. The van der Waals surface area contributed by atoms with Crippen LogP contribution in [-0.4, -0.2) is 54.0 Å². The van der Waals surface area contributed by atoms with Crippen LogP contribution in [0.5, 0.6) is 0 Å². The lowest BCUT2D eigenvalue weighted by atomic mass is 10.2. The number of nitrogens with one attached hydrogen (secondary N) is 1. The fourth-order valence-electron chi connectivity index (χ4n) is 2.60. The van der Waals surface area contributed by atoms with Crippen molar-refractivity contribution >= 4 is 33.3 Å². The maximum Gasteiger partial charge on any atom is 0.274 e. The van der Waals surface area contributed by atoms with Crippen LogP contribution in [0.1, 0.15) is 16.1 Å². The fourth-order valence-corrected chi connectivity index (χ4v) is 2.84. The van der Waals surface area contributed by atoms with Crippen LogP contribution in [0.4, 0.5) is 11.5 Å². The standard InChI is InChI=1S/C17H20BrN5O/c1-12-9-13(3-4-14(12)18)21-17(24)15-10-16(20-11-19-15)23-7-5-22(2)6-8-23/h3-4,9-11H,5-8H2,1-2H3,(H,21,24). The first-order chi connectivity index (χ1) is 11.5. The molecule has 0 unspecified atom stereocenters. The van der Waals surface area contributed by atoms with Crippen molar-refractivity contribution in [3.8, 4) is 0 Å². The Hall–Kier alpha value is -1.99. The number of anilines is 2. The maximum atomic E-state index is 12.5. The molecule has 1 aromatic heterocycles. The van der Waals surface area contributed by atoms with Crippen LogP contribution in [0.25, 0.3) is 0 Å². The number of carbonyl (C=O) groups excluding carboxylic acids is 1. The van der Waals surface area contributed by atoms with Gasteiger partial charge in [0.2, 0.25) is 0 Å². The van der Waals surface area contributed by atoms with Crippen molar-refractivity contribution in [3.05, 3.63) is 46.3 Å². The first kappa shape index (κ1) is 16.9. The number of aryl methyl sites for hydroxylation is 1. The van der Waals surface area contributed by atoms with Gasteiger partial charge in [0, 0.05) is 42.4 Å². The molecule has 1 saturated heterocycles. The largest absolute Gasteiger partial charge is 0.354 e. The lowest BCUT2D eigenvalue weighted by molar-refractivity contribution is 0.102. The number of rotatable bonds is 3. The monoisotopic (exact) mass is 389 g/mol. The second-order valence-corrected chi connectivity index (χ2v) is 6.82. The van der Waals surface area contributed by atoms with Crippen LogP contribution in [0.2, 0.25) is 0 Å². The second kappa shape index (κ2) is 7.27. The lowest BCUT2D eigenvalue weighted by Crippen LogP contribution is -2.44. The van der Waals surface area contributed by atoms with Gasteiger partial charge in [-0.15, -0.1) is 0 Å². The van der Waals surface area contributed by atoms with Gasteiger partial charge in [-0.1, -0.05) is 15.9 Å². The van der Waals surface area contributed by atoms with Crippen LogP contribution in [0.3, 0.4) is 0 Å². The van der Waals surface area contributed by atoms with Gasteiger partial charge < -0.3 is 15.1 Å². The molecule has 6 nitrogen and oxygen atoms in total. The zero-order valence-electron chi connectivity index (χ0n) is 13.8. The van der Waals surface area contributed by atoms with E-state index in [2.05, 4.69) is 48.1 Å². The molecule has 1 aliphatic rings. The van der Waals surface area contributed by atoms with E-state index < -0.39 is 0 Å². The molecule has 1 fully saturated rings. The molecule has 0 spiro atoms. The van der Waals surface area contributed by atoms with E-state index in [1.54, 1.807) is 6.07 Å². The van der Waals surface area contributed by atoms with Crippen LogP contribution in [0, 0.1) is 6.92 Å². The Labute approximate surface area is 150 Å². The van der Waals surface area contributed by atoms with Crippen molar-refractivity contribution in [2.45, 2.75) is 6.92 Å². The number of hydrogen-bond acceptors (Lipinski definition) is 5. The maximum absolute atomic E-state index is 12.5. The Kier molecular flexibility index (Phi) is 5.11. The molecule has 24 heavy (non-hydrogen) atoms. The van der Waals surface area contributed by atoms with Gasteiger partial charge in [-0.3, -0.25) is 4.79 Å². The molecular formula is C17H20BrN5O. The number of likely N-dealkylation sites (N-methyl/N-ethyl adjacent to an activating group) is 1. The summed E-state index contributed by atoms with van der Waals surface area (Å²) in [5.41, 5.74) is 2.19. The van der Waals surface area contributed by atoms with Crippen LogP contribution in [-0.2, 0) is 0 Å². The Morgan fingerprint density at radius 3 is 2.62 bits per heavy atom. The van der Waals surface area contributed by atoms with Crippen molar-refractivity contribution in [1.82, 2.24) is 14.9 Å². The predicted molar refractivity (Wildman–Crippen MR) is 98.6 cm³/mol. The van der Waals surface area contributed by atoms with Gasteiger partial charge >= 0.3 is 0 Å². The number of aromatic nitrogens is 2. The molecule has 2 aromatic rings. The number of carbonyl (C=O) groups is 1. The normalized spacial score (nSPS) is 15.4. The number of amides is 1. The molecule has 0 radical (unpaired) electrons. The fraction of sp³-hybridized carbons (Fsp3) is 0.353. The summed E-state index contributed by atoms with van der Waals surface area (Å²) < 4.78 is 1.01. The molecule has 0 saturated carbocycles. The summed E-state index contributed by atoms with van der Waals surface area (Å²) in [7, 11) is 2.11. The SMILES string of the molecule is Cc1cc(NC(=O)c2cc(N3CCN(C)CC3)ncn2)ccc1Br. The Balaban J connectivity index is 1.73. The first-order valence-electron chi connectivity index (χ1n) is 7.86. The van der Waals surface area contributed by atoms with Gasteiger partial charge in [0.25, 0.3) is 5.91 Å². The lowest BCUT2D eigenvalue weighted by Gasteiger charge is -2.33. The summed E-state index contributed by atoms with van der Waals surface area (Å²) in [4.78, 5) is 25.3. The first-order valence-corrected chi connectivity index (χ1v) is 8.65. The summed E-state index contributed by atoms with van der Waals surface area (Å²) >= 11 is 3.46. The third-order valence-electron chi connectivity index (χ3n) is 4.13. The van der Waals surface area contributed by atoms with Gasteiger partial charge in [0.1, 0.15) is 17.8 Å². The van der Waals surface area contributed by atoms with Crippen molar-refractivity contribution in [3.63, 3.8) is 0 Å². The minimum atomic E-state index is -0.227. The van der Waals surface area contributed by atoms with E-state index in [1.807, 2.05) is 25.1 Å². The molecule has 1 aromatic carbocycles. The van der Waals surface area contributed by atoms with E-state index in [0.29, 0.717) is 5.69 Å². The molecule has 2 heterocycles. The van der Waals surface area contributed by atoms with Gasteiger partial charge in [0.15, 0.2) is 0 Å². The molecule has 7 heteroatoms. The average molecular weight is 390 g/mol. The van der Waals surface area contributed by atoms with Gasteiger partial charge in [-0.2, -0.15) is 0 Å². The zero-order valence-corrected chi connectivity index (χ0v) is 15.4. The molecule has 1 N–H and O–H groups in total. The Bertz CT molecular complexity index is 744. The molecule has 3 rings (SSSR count). The topological polar surface area (TPSA) is 61.4 Å². The third-order valence-corrected chi connectivity index (χ3v) is 5.02. The molecule has 0 bridgehead atoms. The highest BCUT2D eigenvalue weighted by atomic mass is 79.9. The summed E-state index contributed by atoms with van der Waals surface area (Å²) in [5, 5.41) is 2.89. The van der Waals surface area contributed by atoms with E-state index in [1.165, 1.54) is 6.33 Å². The molecule has 1 aliphatic heterocycles. The number of hydrogen-bond donors (Lipinski definition) is 1.